The lowest BCUT2D eigenvalue weighted by molar-refractivity contribution is 0.416. The highest BCUT2D eigenvalue weighted by molar-refractivity contribution is 5.84. The van der Waals surface area contributed by atoms with Gasteiger partial charge in [-0.3, -0.25) is 4.40 Å². The van der Waals surface area contributed by atoms with Crippen molar-refractivity contribution in [3.05, 3.63) is 42.5 Å². The molecule has 22 heavy (non-hydrogen) atoms. The maximum Gasteiger partial charge on any atom is 0.236 e. The zero-order valence-corrected chi connectivity index (χ0v) is 12.3. The molecule has 0 unspecified atom stereocenters. The number of fused-ring (bicyclic) bond motifs is 3. The number of methoxy groups -OCH3 is 1. The lowest BCUT2D eigenvalue weighted by Gasteiger charge is -2.07. The molecule has 0 atom stereocenters. The van der Waals surface area contributed by atoms with E-state index in [-0.39, 0.29) is 0 Å². The monoisotopic (exact) mass is 293 g/mol. The van der Waals surface area contributed by atoms with Gasteiger partial charge in [0.05, 0.1) is 23.7 Å². The van der Waals surface area contributed by atoms with Gasteiger partial charge in [0.1, 0.15) is 5.75 Å². The van der Waals surface area contributed by atoms with Gasteiger partial charge < -0.3 is 15.0 Å². The van der Waals surface area contributed by atoms with Crippen molar-refractivity contribution in [3.8, 4) is 17.1 Å². The molecule has 0 aliphatic carbocycles. The normalized spacial score (nSPS) is 11.4. The number of aromatic nitrogens is 4. The van der Waals surface area contributed by atoms with Crippen LogP contribution in [-0.4, -0.2) is 26.3 Å². The van der Waals surface area contributed by atoms with E-state index in [1.165, 1.54) is 0 Å². The lowest BCUT2D eigenvalue weighted by Crippen LogP contribution is -1.95. The fraction of sp³-hybridized carbons (Fsp3) is 0.125. The van der Waals surface area contributed by atoms with Crippen LogP contribution in [0.2, 0.25) is 0 Å². The number of hydrogen-bond acceptors (Lipinski definition) is 4. The number of aryl methyl sites for hydroxylation is 1. The minimum absolute atomic E-state index is 0.660. The fourth-order valence-electron chi connectivity index (χ4n) is 2.83. The van der Waals surface area contributed by atoms with E-state index in [4.69, 9.17) is 10.5 Å². The van der Waals surface area contributed by atoms with Crippen LogP contribution in [0.15, 0.2) is 42.5 Å². The van der Waals surface area contributed by atoms with Gasteiger partial charge in [0.15, 0.2) is 5.82 Å². The zero-order valence-electron chi connectivity index (χ0n) is 12.3. The van der Waals surface area contributed by atoms with E-state index in [0.717, 1.165) is 33.9 Å². The Morgan fingerprint density at radius 2 is 1.82 bits per heavy atom. The Kier molecular flexibility index (Phi) is 2.59. The molecular weight excluding hydrogens is 278 g/mol. The molecule has 0 spiro atoms. The smallest absolute Gasteiger partial charge is 0.236 e. The van der Waals surface area contributed by atoms with Gasteiger partial charge in [-0.15, -0.1) is 10.2 Å². The highest BCUT2D eigenvalue weighted by Crippen LogP contribution is 2.33. The topological polar surface area (TPSA) is 70.4 Å². The third-order valence-electron chi connectivity index (χ3n) is 3.89. The van der Waals surface area contributed by atoms with Gasteiger partial charge in [-0.2, -0.15) is 0 Å². The standard InChI is InChI=1S/C16H15N5O/c1-20-12-5-3-4-6-13(12)21-15(18-19-16(20)21)11-9-10(17)7-8-14(11)22-2/h3-9H,17H2,1-2H3. The van der Waals surface area contributed by atoms with Crippen molar-refractivity contribution in [2.75, 3.05) is 12.8 Å². The molecule has 0 radical (unpaired) electrons. The second-order valence-corrected chi connectivity index (χ2v) is 5.17. The number of para-hydroxylation sites is 2. The lowest BCUT2D eigenvalue weighted by atomic mass is 10.1. The zero-order chi connectivity index (χ0) is 15.3. The van der Waals surface area contributed by atoms with Crippen molar-refractivity contribution in [3.63, 3.8) is 0 Å². The summed E-state index contributed by atoms with van der Waals surface area (Å²) in [4.78, 5) is 0. The number of rotatable bonds is 2. The van der Waals surface area contributed by atoms with Crippen LogP contribution in [0.3, 0.4) is 0 Å². The second kappa shape index (κ2) is 4.49. The first-order valence-electron chi connectivity index (χ1n) is 6.93. The van der Waals surface area contributed by atoms with Gasteiger partial charge in [0.25, 0.3) is 0 Å². The van der Waals surface area contributed by atoms with Gasteiger partial charge in [0, 0.05) is 12.7 Å². The summed E-state index contributed by atoms with van der Waals surface area (Å²) in [6, 6.07) is 13.6. The van der Waals surface area contributed by atoms with Crippen LogP contribution < -0.4 is 10.5 Å². The van der Waals surface area contributed by atoms with E-state index in [2.05, 4.69) is 16.3 Å². The maximum absolute atomic E-state index is 5.93. The average molecular weight is 293 g/mol. The van der Waals surface area contributed by atoms with Gasteiger partial charge >= 0.3 is 0 Å². The number of benzene rings is 2. The van der Waals surface area contributed by atoms with Crippen LogP contribution >= 0.6 is 0 Å². The molecule has 110 valence electrons. The van der Waals surface area contributed by atoms with Crippen LogP contribution in [0.25, 0.3) is 28.2 Å². The van der Waals surface area contributed by atoms with Crippen LogP contribution in [-0.2, 0) is 7.05 Å². The molecule has 0 saturated carbocycles. The molecule has 0 bridgehead atoms. The molecule has 2 aromatic carbocycles. The van der Waals surface area contributed by atoms with E-state index < -0.39 is 0 Å². The van der Waals surface area contributed by atoms with Crippen molar-refractivity contribution >= 4 is 22.5 Å². The summed E-state index contributed by atoms with van der Waals surface area (Å²) in [6.07, 6.45) is 0. The number of imidazole rings is 1. The Hall–Kier alpha value is -3.02. The second-order valence-electron chi connectivity index (χ2n) is 5.17. The van der Waals surface area contributed by atoms with Crippen molar-refractivity contribution in [1.82, 2.24) is 19.2 Å². The SMILES string of the molecule is COc1ccc(N)cc1-c1nnc2n(C)c3ccccc3n12. The molecule has 6 nitrogen and oxygen atoms in total. The molecule has 0 fully saturated rings. The van der Waals surface area contributed by atoms with Gasteiger partial charge in [-0.05, 0) is 30.3 Å². The quantitative estimate of drug-likeness (QED) is 0.576. The summed E-state index contributed by atoms with van der Waals surface area (Å²) >= 11 is 0. The largest absolute Gasteiger partial charge is 0.496 e. The summed E-state index contributed by atoms with van der Waals surface area (Å²) in [6.45, 7) is 0. The summed E-state index contributed by atoms with van der Waals surface area (Å²) in [5.41, 5.74) is 9.56. The summed E-state index contributed by atoms with van der Waals surface area (Å²) < 4.78 is 9.49. The molecular formula is C16H15N5O. The first-order chi connectivity index (χ1) is 10.7. The molecule has 4 rings (SSSR count). The molecule has 6 heteroatoms. The van der Waals surface area contributed by atoms with E-state index in [0.29, 0.717) is 5.69 Å². The van der Waals surface area contributed by atoms with E-state index in [9.17, 15) is 0 Å². The number of nitrogens with zero attached hydrogens (tertiary/aromatic N) is 4. The molecule has 0 amide bonds. The Morgan fingerprint density at radius 1 is 1.05 bits per heavy atom. The maximum atomic E-state index is 5.93. The Morgan fingerprint density at radius 3 is 2.59 bits per heavy atom. The number of hydrogen-bond donors (Lipinski definition) is 1. The predicted octanol–water partition coefficient (Wildman–Crippen LogP) is 2.48. The predicted molar refractivity (Wildman–Crippen MR) is 85.9 cm³/mol. The molecule has 4 aromatic rings. The van der Waals surface area contributed by atoms with E-state index in [1.807, 2.05) is 52.4 Å². The number of anilines is 1. The van der Waals surface area contributed by atoms with Crippen molar-refractivity contribution in [1.29, 1.82) is 0 Å². The molecule has 0 aliphatic heterocycles. The molecule has 2 N–H and O–H groups in total. The highest BCUT2D eigenvalue weighted by atomic mass is 16.5. The molecule has 2 heterocycles. The number of nitrogen functional groups attached to an aromatic ring is 1. The Balaban J connectivity index is 2.13. The summed E-state index contributed by atoms with van der Waals surface area (Å²) in [7, 11) is 3.61. The minimum atomic E-state index is 0.660. The summed E-state index contributed by atoms with van der Waals surface area (Å²) in [5.74, 6) is 2.22. The first-order valence-corrected chi connectivity index (χ1v) is 6.93. The van der Waals surface area contributed by atoms with Crippen molar-refractivity contribution in [2.45, 2.75) is 0 Å². The summed E-state index contributed by atoms with van der Waals surface area (Å²) in [5, 5.41) is 8.66. The Bertz CT molecular complexity index is 999. The highest BCUT2D eigenvalue weighted by Gasteiger charge is 2.18. The Labute approximate surface area is 126 Å². The molecule has 0 aliphatic rings. The van der Waals surface area contributed by atoms with Crippen LogP contribution in [0, 0.1) is 0 Å². The van der Waals surface area contributed by atoms with Crippen LogP contribution in [0.1, 0.15) is 0 Å². The minimum Gasteiger partial charge on any atom is -0.496 e. The van der Waals surface area contributed by atoms with Gasteiger partial charge in [-0.25, -0.2) is 0 Å². The third-order valence-corrected chi connectivity index (χ3v) is 3.89. The number of nitrogens with two attached hydrogens (primary N) is 1. The first kappa shape index (κ1) is 12.7. The van der Waals surface area contributed by atoms with Gasteiger partial charge in [-0.1, -0.05) is 12.1 Å². The molecule has 2 aromatic heterocycles. The molecule has 0 saturated heterocycles. The van der Waals surface area contributed by atoms with Crippen LogP contribution in [0.5, 0.6) is 5.75 Å². The van der Waals surface area contributed by atoms with Crippen molar-refractivity contribution in [2.24, 2.45) is 7.05 Å². The van der Waals surface area contributed by atoms with Gasteiger partial charge in [0.2, 0.25) is 5.78 Å². The third kappa shape index (κ3) is 1.60. The number of ether oxygens (including phenoxy) is 1. The van der Waals surface area contributed by atoms with Crippen molar-refractivity contribution < 1.29 is 4.74 Å². The van der Waals surface area contributed by atoms with Crippen LogP contribution in [0.4, 0.5) is 5.69 Å². The average Bonchev–Trinajstić information content (AvgIpc) is 3.08. The fourth-order valence-corrected chi connectivity index (χ4v) is 2.83. The van der Waals surface area contributed by atoms with E-state index >= 15 is 0 Å². The van der Waals surface area contributed by atoms with E-state index in [1.54, 1.807) is 7.11 Å².